The molecule has 30 heavy (non-hydrogen) atoms. The van der Waals surface area contributed by atoms with Gasteiger partial charge in [0.1, 0.15) is 6.54 Å². The van der Waals surface area contributed by atoms with Gasteiger partial charge < -0.3 is 4.90 Å². The van der Waals surface area contributed by atoms with Crippen LogP contribution in [0.3, 0.4) is 0 Å². The number of rotatable bonds is 5. The second-order valence-corrected chi connectivity index (χ2v) is 9.10. The number of carbonyl (C=O) groups excluding carboxylic acids is 1. The molecule has 7 nitrogen and oxygen atoms in total. The second kappa shape index (κ2) is 8.75. The lowest BCUT2D eigenvalue weighted by Crippen LogP contribution is -2.50. The van der Waals surface area contributed by atoms with Crippen molar-refractivity contribution < 1.29 is 4.79 Å². The van der Waals surface area contributed by atoms with E-state index in [1.807, 2.05) is 12.1 Å². The zero-order valence-electron chi connectivity index (χ0n) is 16.7. The minimum Gasteiger partial charge on any atom is -0.339 e. The number of halogens is 1. The number of aromatic nitrogens is 2. The Hall–Kier alpha value is -2.42. The molecule has 158 valence electrons. The van der Waals surface area contributed by atoms with Crippen LogP contribution in [0.2, 0.25) is 4.34 Å². The Morgan fingerprint density at radius 1 is 1.03 bits per heavy atom. The Morgan fingerprint density at radius 3 is 2.43 bits per heavy atom. The maximum Gasteiger partial charge on any atom is 0.331 e. The molecule has 0 bridgehead atoms. The number of hydrogen-bond donors (Lipinski definition) is 0. The molecular weight excluding hydrogens is 424 g/mol. The summed E-state index contributed by atoms with van der Waals surface area (Å²) in [6.45, 7) is 5.53. The van der Waals surface area contributed by atoms with E-state index in [4.69, 9.17) is 11.6 Å². The third kappa shape index (κ3) is 4.08. The molecular formula is C21H23ClN4O3S. The zero-order chi connectivity index (χ0) is 21.3. The van der Waals surface area contributed by atoms with Gasteiger partial charge in [0.15, 0.2) is 0 Å². The molecule has 4 rings (SSSR count). The molecule has 1 amide bonds. The number of benzene rings is 1. The van der Waals surface area contributed by atoms with Crippen molar-refractivity contribution in [3.63, 3.8) is 0 Å². The van der Waals surface area contributed by atoms with E-state index in [2.05, 4.69) is 4.90 Å². The Balaban J connectivity index is 1.49. The number of amides is 1. The molecule has 9 heteroatoms. The molecule has 0 saturated carbocycles. The van der Waals surface area contributed by atoms with Crippen LogP contribution in [-0.2, 0) is 24.4 Å². The van der Waals surface area contributed by atoms with Crippen molar-refractivity contribution in [2.75, 3.05) is 26.2 Å². The quantitative estimate of drug-likeness (QED) is 0.602. The van der Waals surface area contributed by atoms with Gasteiger partial charge in [-0.1, -0.05) is 23.7 Å². The molecule has 3 heterocycles. The first-order valence-corrected chi connectivity index (χ1v) is 11.1. The monoisotopic (exact) mass is 446 g/mol. The van der Waals surface area contributed by atoms with E-state index in [9.17, 15) is 14.4 Å². The highest BCUT2D eigenvalue weighted by Crippen LogP contribution is 2.23. The van der Waals surface area contributed by atoms with Crippen LogP contribution in [0.4, 0.5) is 0 Å². The van der Waals surface area contributed by atoms with Crippen LogP contribution in [0, 0.1) is 0 Å². The van der Waals surface area contributed by atoms with Gasteiger partial charge in [-0.2, -0.15) is 0 Å². The smallest absolute Gasteiger partial charge is 0.331 e. The highest BCUT2D eigenvalue weighted by atomic mass is 35.5. The second-order valence-electron chi connectivity index (χ2n) is 7.30. The van der Waals surface area contributed by atoms with Crippen molar-refractivity contribution in [2.24, 2.45) is 0 Å². The lowest BCUT2D eigenvalue weighted by molar-refractivity contribution is -0.133. The van der Waals surface area contributed by atoms with Crippen LogP contribution < -0.4 is 11.2 Å². The first kappa shape index (κ1) is 20.8. The average molecular weight is 447 g/mol. The number of hydrogen-bond acceptors (Lipinski definition) is 5. The Kier molecular flexibility index (Phi) is 6.08. The van der Waals surface area contributed by atoms with Crippen molar-refractivity contribution in [3.05, 3.63) is 66.4 Å². The van der Waals surface area contributed by atoms with Crippen LogP contribution in [0.25, 0.3) is 10.9 Å². The highest BCUT2D eigenvalue weighted by Gasteiger charge is 2.23. The van der Waals surface area contributed by atoms with Crippen LogP contribution in [0.1, 0.15) is 11.8 Å². The van der Waals surface area contributed by atoms with Gasteiger partial charge in [-0.3, -0.25) is 23.6 Å². The van der Waals surface area contributed by atoms with Gasteiger partial charge in [-0.25, -0.2) is 4.79 Å². The summed E-state index contributed by atoms with van der Waals surface area (Å²) >= 11 is 7.58. The van der Waals surface area contributed by atoms with Crippen molar-refractivity contribution >= 4 is 39.7 Å². The lowest BCUT2D eigenvalue weighted by Gasteiger charge is -2.34. The third-order valence-corrected chi connectivity index (χ3v) is 6.69. The van der Waals surface area contributed by atoms with Crippen LogP contribution in [-0.4, -0.2) is 51.0 Å². The molecule has 1 aliphatic rings. The Labute approximate surface area is 182 Å². The van der Waals surface area contributed by atoms with Crippen molar-refractivity contribution in [3.8, 4) is 0 Å². The summed E-state index contributed by atoms with van der Waals surface area (Å²) in [5, 5.41) is 0.450. The lowest BCUT2D eigenvalue weighted by atomic mass is 10.2. The molecule has 0 unspecified atom stereocenters. The normalized spacial score (nSPS) is 15.1. The summed E-state index contributed by atoms with van der Waals surface area (Å²) in [5.41, 5.74) is -0.259. The van der Waals surface area contributed by atoms with Crippen LogP contribution in [0.15, 0.2) is 46.0 Å². The molecule has 2 aromatic heterocycles. The Bertz CT molecular complexity index is 1190. The fourth-order valence-corrected chi connectivity index (χ4v) is 4.98. The molecule has 1 fully saturated rings. The van der Waals surface area contributed by atoms with Crippen molar-refractivity contribution in [1.29, 1.82) is 0 Å². The summed E-state index contributed by atoms with van der Waals surface area (Å²) < 4.78 is 3.38. The number of piperazine rings is 1. The van der Waals surface area contributed by atoms with Gasteiger partial charge in [-0.15, -0.1) is 11.3 Å². The molecule has 0 atom stereocenters. The largest absolute Gasteiger partial charge is 0.339 e. The zero-order valence-corrected chi connectivity index (χ0v) is 18.3. The predicted molar refractivity (Wildman–Crippen MR) is 119 cm³/mol. The predicted octanol–water partition coefficient (Wildman–Crippen LogP) is 2.24. The minimum atomic E-state index is -0.442. The standard InChI is InChI=1S/C21H23ClN4O3S/c1-2-25-20(28)16-5-3-4-6-17(16)26(21(25)29)14-19(27)24-11-9-23(10-12-24)13-15-7-8-18(22)30-15/h3-8H,2,9-14H2,1H3. The van der Waals surface area contributed by atoms with Gasteiger partial charge >= 0.3 is 5.69 Å². The molecule has 1 saturated heterocycles. The number of para-hydroxylation sites is 1. The van der Waals surface area contributed by atoms with Gasteiger partial charge in [0, 0.05) is 44.1 Å². The van der Waals surface area contributed by atoms with Gasteiger partial charge in [0.25, 0.3) is 5.56 Å². The summed E-state index contributed by atoms with van der Waals surface area (Å²) in [7, 11) is 0. The van der Waals surface area contributed by atoms with Crippen molar-refractivity contribution in [2.45, 2.75) is 26.6 Å². The Morgan fingerprint density at radius 2 is 1.77 bits per heavy atom. The number of nitrogens with zero attached hydrogens (tertiary/aromatic N) is 4. The maximum absolute atomic E-state index is 13.0. The summed E-state index contributed by atoms with van der Waals surface area (Å²) in [4.78, 5) is 43.7. The number of thiophene rings is 1. The van der Waals surface area contributed by atoms with E-state index in [1.165, 1.54) is 14.0 Å². The number of carbonyl (C=O) groups is 1. The average Bonchev–Trinajstić information content (AvgIpc) is 3.16. The van der Waals surface area contributed by atoms with E-state index in [-0.39, 0.29) is 24.6 Å². The summed E-state index contributed by atoms with van der Waals surface area (Å²) in [6, 6.07) is 10.9. The van der Waals surface area contributed by atoms with E-state index in [0.717, 1.165) is 24.0 Å². The minimum absolute atomic E-state index is 0.0693. The van der Waals surface area contributed by atoms with E-state index in [0.29, 0.717) is 24.0 Å². The van der Waals surface area contributed by atoms with Crippen molar-refractivity contribution in [1.82, 2.24) is 18.9 Å². The van der Waals surface area contributed by atoms with Crippen LogP contribution in [0.5, 0.6) is 0 Å². The first-order chi connectivity index (χ1) is 14.5. The maximum atomic E-state index is 13.0. The molecule has 0 N–H and O–H groups in total. The molecule has 0 spiro atoms. The fourth-order valence-electron chi connectivity index (χ4n) is 3.85. The molecule has 0 radical (unpaired) electrons. The topological polar surface area (TPSA) is 67.6 Å². The van der Waals surface area contributed by atoms with Gasteiger partial charge in [0.2, 0.25) is 5.91 Å². The SMILES string of the molecule is CCn1c(=O)c2ccccc2n(CC(=O)N2CCN(Cc3ccc(Cl)s3)CC2)c1=O. The highest BCUT2D eigenvalue weighted by molar-refractivity contribution is 7.16. The van der Waals surface area contributed by atoms with Gasteiger partial charge in [-0.05, 0) is 31.2 Å². The summed E-state index contributed by atoms with van der Waals surface area (Å²) in [5.74, 6) is -0.109. The molecule has 0 aliphatic carbocycles. The number of fused-ring (bicyclic) bond motifs is 1. The third-order valence-electron chi connectivity index (χ3n) is 5.48. The molecule has 1 aliphatic heterocycles. The molecule has 1 aromatic carbocycles. The summed E-state index contributed by atoms with van der Waals surface area (Å²) in [6.07, 6.45) is 0. The van der Waals surface area contributed by atoms with Gasteiger partial charge in [0.05, 0.1) is 15.2 Å². The van der Waals surface area contributed by atoms with E-state index < -0.39 is 5.69 Å². The fraction of sp³-hybridized carbons (Fsp3) is 0.381. The van der Waals surface area contributed by atoms with E-state index in [1.54, 1.807) is 47.4 Å². The van der Waals surface area contributed by atoms with E-state index >= 15 is 0 Å². The van der Waals surface area contributed by atoms with Crippen LogP contribution >= 0.6 is 22.9 Å². The first-order valence-electron chi connectivity index (χ1n) is 9.94. The molecule has 3 aromatic rings.